The summed E-state index contributed by atoms with van der Waals surface area (Å²) in [7, 11) is 1.59. The van der Waals surface area contributed by atoms with Gasteiger partial charge in [0.25, 0.3) is 0 Å². The molecule has 0 atom stereocenters. The molecule has 0 bridgehead atoms. The largest absolute Gasteiger partial charge is 0.496 e. The third-order valence-corrected chi connectivity index (χ3v) is 3.72. The van der Waals surface area contributed by atoms with Gasteiger partial charge in [-0.05, 0) is 50.6 Å². The summed E-state index contributed by atoms with van der Waals surface area (Å²) in [6.45, 7) is 0. The van der Waals surface area contributed by atoms with Gasteiger partial charge in [0.2, 0.25) is 0 Å². The summed E-state index contributed by atoms with van der Waals surface area (Å²) in [4.78, 5) is 0. The monoisotopic (exact) mass is 345 g/mol. The van der Waals surface area contributed by atoms with E-state index in [0.29, 0.717) is 22.8 Å². The molecule has 21 heavy (non-hydrogen) atoms. The van der Waals surface area contributed by atoms with Crippen molar-refractivity contribution >= 4 is 21.6 Å². The standard InChI is InChI=1S/C14H12BrN5O/c1-21-12-8-4-6-10(16)13(12)14-17-18-19-20(14)11-7-3-2-5-9(11)15/h2-8H,16H2,1H3. The van der Waals surface area contributed by atoms with Crippen molar-refractivity contribution in [3.05, 3.63) is 46.9 Å². The van der Waals surface area contributed by atoms with Crippen molar-refractivity contribution in [2.75, 3.05) is 12.8 Å². The number of hydrogen-bond acceptors (Lipinski definition) is 5. The fourth-order valence-corrected chi connectivity index (χ4v) is 2.54. The zero-order valence-corrected chi connectivity index (χ0v) is 12.8. The molecule has 0 saturated carbocycles. The normalized spacial score (nSPS) is 10.6. The fourth-order valence-electron chi connectivity index (χ4n) is 2.09. The summed E-state index contributed by atoms with van der Waals surface area (Å²) < 4.78 is 7.88. The molecule has 0 fully saturated rings. The smallest absolute Gasteiger partial charge is 0.192 e. The highest BCUT2D eigenvalue weighted by molar-refractivity contribution is 9.10. The number of benzene rings is 2. The van der Waals surface area contributed by atoms with Crippen molar-refractivity contribution in [2.24, 2.45) is 0 Å². The minimum absolute atomic E-state index is 0.525. The van der Waals surface area contributed by atoms with Gasteiger partial charge in [0.05, 0.1) is 18.4 Å². The van der Waals surface area contributed by atoms with Gasteiger partial charge in [-0.15, -0.1) is 5.10 Å². The Morgan fingerprint density at radius 1 is 1.14 bits per heavy atom. The average molecular weight is 346 g/mol. The van der Waals surface area contributed by atoms with Gasteiger partial charge < -0.3 is 10.5 Å². The first kappa shape index (κ1) is 13.6. The van der Waals surface area contributed by atoms with Gasteiger partial charge in [-0.25, -0.2) is 0 Å². The van der Waals surface area contributed by atoms with Crippen LogP contribution < -0.4 is 10.5 Å². The zero-order chi connectivity index (χ0) is 14.8. The van der Waals surface area contributed by atoms with E-state index < -0.39 is 0 Å². The van der Waals surface area contributed by atoms with Crippen LogP contribution in [0.5, 0.6) is 5.75 Å². The lowest BCUT2D eigenvalue weighted by Crippen LogP contribution is -2.03. The molecule has 3 rings (SSSR count). The van der Waals surface area contributed by atoms with E-state index in [2.05, 4.69) is 31.5 Å². The number of ether oxygens (including phenoxy) is 1. The summed E-state index contributed by atoms with van der Waals surface area (Å²) in [5.74, 6) is 1.15. The second-order valence-corrected chi connectivity index (χ2v) is 5.14. The lowest BCUT2D eigenvalue weighted by atomic mass is 10.1. The van der Waals surface area contributed by atoms with E-state index >= 15 is 0 Å². The number of hydrogen-bond donors (Lipinski definition) is 1. The Labute approximate surface area is 129 Å². The molecule has 0 radical (unpaired) electrons. The van der Waals surface area contributed by atoms with E-state index in [9.17, 15) is 0 Å². The zero-order valence-electron chi connectivity index (χ0n) is 11.2. The highest BCUT2D eigenvalue weighted by Crippen LogP contribution is 2.35. The summed E-state index contributed by atoms with van der Waals surface area (Å²) in [6.07, 6.45) is 0. The third kappa shape index (κ3) is 2.36. The molecular formula is C14H12BrN5O. The van der Waals surface area contributed by atoms with Crippen molar-refractivity contribution < 1.29 is 4.74 Å². The predicted octanol–water partition coefficient (Wildman–Crippen LogP) is 2.68. The van der Waals surface area contributed by atoms with E-state index in [0.717, 1.165) is 10.2 Å². The molecule has 0 aliphatic heterocycles. The van der Waals surface area contributed by atoms with Crippen LogP contribution in [0.4, 0.5) is 5.69 Å². The van der Waals surface area contributed by atoms with Crippen LogP contribution in [0.25, 0.3) is 17.1 Å². The first-order chi connectivity index (χ1) is 10.2. The quantitative estimate of drug-likeness (QED) is 0.738. The van der Waals surface area contributed by atoms with Gasteiger partial charge in [0.15, 0.2) is 5.82 Å². The molecule has 3 aromatic rings. The van der Waals surface area contributed by atoms with Gasteiger partial charge >= 0.3 is 0 Å². The van der Waals surface area contributed by atoms with Crippen LogP contribution in [0.1, 0.15) is 0 Å². The number of nitrogens with two attached hydrogens (primary N) is 1. The number of aromatic nitrogens is 4. The molecule has 2 N–H and O–H groups in total. The Morgan fingerprint density at radius 2 is 1.95 bits per heavy atom. The summed E-state index contributed by atoms with van der Waals surface area (Å²) in [5, 5.41) is 11.9. The number of anilines is 1. The second kappa shape index (κ2) is 5.53. The highest BCUT2D eigenvalue weighted by Gasteiger charge is 2.19. The maximum absolute atomic E-state index is 6.07. The number of nitrogen functional groups attached to an aromatic ring is 1. The van der Waals surface area contributed by atoms with E-state index in [1.807, 2.05) is 36.4 Å². The Morgan fingerprint density at radius 3 is 2.71 bits per heavy atom. The first-order valence-electron chi connectivity index (χ1n) is 6.18. The predicted molar refractivity (Wildman–Crippen MR) is 83.3 cm³/mol. The molecule has 0 unspecified atom stereocenters. The second-order valence-electron chi connectivity index (χ2n) is 4.29. The van der Waals surface area contributed by atoms with Gasteiger partial charge in [0.1, 0.15) is 5.75 Å². The number of para-hydroxylation sites is 1. The summed E-state index contributed by atoms with van der Waals surface area (Å²) >= 11 is 3.50. The van der Waals surface area contributed by atoms with Crippen molar-refractivity contribution in [3.8, 4) is 22.8 Å². The van der Waals surface area contributed by atoms with Crippen molar-refractivity contribution in [1.29, 1.82) is 0 Å². The minimum Gasteiger partial charge on any atom is -0.496 e. The number of nitrogens with zero attached hydrogens (tertiary/aromatic N) is 4. The Hall–Kier alpha value is -2.41. The number of methoxy groups -OCH3 is 1. The highest BCUT2D eigenvalue weighted by atomic mass is 79.9. The average Bonchev–Trinajstić information content (AvgIpc) is 2.96. The summed E-state index contributed by atoms with van der Waals surface area (Å²) in [6, 6.07) is 13.1. The van der Waals surface area contributed by atoms with Gasteiger partial charge in [-0.3, -0.25) is 0 Å². The van der Waals surface area contributed by atoms with Crippen molar-refractivity contribution in [1.82, 2.24) is 20.2 Å². The first-order valence-corrected chi connectivity index (χ1v) is 6.98. The number of halogens is 1. The molecule has 7 heteroatoms. The van der Waals surface area contributed by atoms with E-state index in [4.69, 9.17) is 10.5 Å². The van der Waals surface area contributed by atoms with Crippen LogP contribution >= 0.6 is 15.9 Å². The number of rotatable bonds is 3. The lowest BCUT2D eigenvalue weighted by Gasteiger charge is -2.11. The molecule has 106 valence electrons. The van der Waals surface area contributed by atoms with E-state index in [1.165, 1.54) is 0 Å². The SMILES string of the molecule is COc1cccc(N)c1-c1nnnn1-c1ccccc1Br. The molecule has 0 aliphatic carbocycles. The van der Waals surface area contributed by atoms with Gasteiger partial charge in [-0.2, -0.15) is 4.68 Å². The van der Waals surface area contributed by atoms with E-state index in [1.54, 1.807) is 17.9 Å². The Balaban J connectivity index is 2.24. The fraction of sp³-hybridized carbons (Fsp3) is 0.0714. The lowest BCUT2D eigenvalue weighted by molar-refractivity contribution is 0.416. The van der Waals surface area contributed by atoms with Crippen LogP contribution in [0, 0.1) is 0 Å². The maximum Gasteiger partial charge on any atom is 0.192 e. The van der Waals surface area contributed by atoms with Crippen LogP contribution in [-0.2, 0) is 0 Å². The molecule has 0 amide bonds. The molecule has 0 saturated heterocycles. The molecule has 2 aromatic carbocycles. The Kier molecular flexibility index (Phi) is 3.57. The maximum atomic E-state index is 6.07. The molecule has 1 aromatic heterocycles. The van der Waals surface area contributed by atoms with Crippen molar-refractivity contribution in [2.45, 2.75) is 0 Å². The third-order valence-electron chi connectivity index (χ3n) is 3.05. The topological polar surface area (TPSA) is 78.8 Å². The molecule has 1 heterocycles. The van der Waals surface area contributed by atoms with Crippen molar-refractivity contribution in [3.63, 3.8) is 0 Å². The van der Waals surface area contributed by atoms with E-state index in [-0.39, 0.29) is 0 Å². The van der Waals surface area contributed by atoms with Crippen LogP contribution in [0.15, 0.2) is 46.9 Å². The number of tetrazole rings is 1. The molecule has 0 spiro atoms. The van der Waals surface area contributed by atoms with Crippen LogP contribution in [0.3, 0.4) is 0 Å². The van der Waals surface area contributed by atoms with Crippen LogP contribution in [0.2, 0.25) is 0 Å². The van der Waals surface area contributed by atoms with Gasteiger partial charge in [0, 0.05) is 10.2 Å². The van der Waals surface area contributed by atoms with Gasteiger partial charge in [-0.1, -0.05) is 18.2 Å². The molecule has 6 nitrogen and oxygen atoms in total. The molecule has 0 aliphatic rings. The molecular weight excluding hydrogens is 334 g/mol. The minimum atomic E-state index is 0.525. The Bertz CT molecular complexity index is 787. The summed E-state index contributed by atoms with van der Waals surface area (Å²) in [5.41, 5.74) is 8.12. The van der Waals surface area contributed by atoms with Crippen LogP contribution in [-0.4, -0.2) is 27.3 Å².